The first-order valence-electron chi connectivity index (χ1n) is 20.3. The Morgan fingerprint density at radius 3 is 2.16 bits per heavy atom. The van der Waals surface area contributed by atoms with Gasteiger partial charge >= 0.3 is 0 Å². The lowest BCUT2D eigenvalue weighted by Crippen LogP contribution is -2.43. The lowest BCUT2D eigenvalue weighted by Gasteiger charge is -2.48. The Morgan fingerprint density at radius 1 is 0.672 bits per heavy atom. The van der Waals surface area contributed by atoms with Gasteiger partial charge in [-0.3, -0.25) is 0 Å². The number of hydrogen-bond acceptors (Lipinski definition) is 5. The summed E-state index contributed by atoms with van der Waals surface area (Å²) in [5.74, 6) is 2.19. The van der Waals surface area contributed by atoms with Gasteiger partial charge in [0.05, 0.1) is 17.0 Å². The van der Waals surface area contributed by atoms with Crippen molar-refractivity contribution in [2.24, 2.45) is 15.9 Å². The molecular weight excluding hydrogens is 725 g/mol. The fourth-order valence-electron chi connectivity index (χ4n) is 9.95. The molecule has 0 bridgehead atoms. The molecule has 1 N–H and O–H groups in total. The smallest absolute Gasteiger partial charge is 0.169 e. The molecule has 5 aromatic rings. The van der Waals surface area contributed by atoms with Crippen LogP contribution >= 0.6 is 11.8 Å². The fraction of sp³-hybridized carbons (Fsp3) is 0.151. The number of hydrogen-bond donors (Lipinski definition) is 1. The van der Waals surface area contributed by atoms with E-state index in [2.05, 4.69) is 157 Å². The summed E-state index contributed by atoms with van der Waals surface area (Å²) in [7, 11) is 0. The topological polar surface area (TPSA) is 60.5 Å². The molecule has 6 aliphatic rings. The van der Waals surface area contributed by atoms with E-state index in [-0.39, 0.29) is 23.4 Å². The summed E-state index contributed by atoms with van der Waals surface area (Å²) in [5, 5.41) is 13.4. The molecule has 278 valence electrons. The average molecular weight is 765 g/mol. The highest BCUT2D eigenvalue weighted by atomic mass is 32.2. The highest BCUT2D eigenvalue weighted by molar-refractivity contribution is 8.00. The third-order valence-corrected chi connectivity index (χ3v) is 14.0. The van der Waals surface area contributed by atoms with Gasteiger partial charge in [-0.2, -0.15) is 5.26 Å². The van der Waals surface area contributed by atoms with Gasteiger partial charge in [0.15, 0.2) is 6.17 Å². The van der Waals surface area contributed by atoms with E-state index in [0.717, 1.165) is 58.8 Å². The van der Waals surface area contributed by atoms with Crippen molar-refractivity contribution in [1.29, 1.82) is 5.26 Å². The zero-order valence-corrected chi connectivity index (χ0v) is 32.7. The molecule has 5 heteroatoms. The van der Waals surface area contributed by atoms with Crippen molar-refractivity contribution in [2.45, 2.75) is 46.9 Å². The van der Waals surface area contributed by atoms with Gasteiger partial charge in [0.1, 0.15) is 11.7 Å². The Hall–Kier alpha value is -6.48. The van der Waals surface area contributed by atoms with Gasteiger partial charge in [-0.25, -0.2) is 9.98 Å². The van der Waals surface area contributed by atoms with Crippen LogP contribution in [0.5, 0.6) is 0 Å². The van der Waals surface area contributed by atoms with Crippen LogP contribution in [-0.4, -0.2) is 23.1 Å². The molecular formula is C53H40N4S. The van der Waals surface area contributed by atoms with Crippen LogP contribution < -0.4 is 5.32 Å². The van der Waals surface area contributed by atoms with Crippen LogP contribution in [0.2, 0.25) is 0 Å². The van der Waals surface area contributed by atoms with Crippen molar-refractivity contribution in [2.75, 3.05) is 0 Å². The van der Waals surface area contributed by atoms with E-state index in [1.54, 1.807) is 0 Å². The average Bonchev–Trinajstić information content (AvgIpc) is 3.59. The lowest BCUT2D eigenvalue weighted by atomic mass is 9.60. The first-order chi connectivity index (χ1) is 28.7. The second-order valence-corrected chi connectivity index (χ2v) is 17.0. The number of aliphatic imine (C=N–C) groups is 2. The molecule has 2 heterocycles. The van der Waals surface area contributed by atoms with E-state index in [4.69, 9.17) is 9.98 Å². The van der Waals surface area contributed by atoms with E-state index in [1.807, 2.05) is 42.1 Å². The summed E-state index contributed by atoms with van der Waals surface area (Å²) in [6.07, 6.45) is 26.0. The number of benzene rings is 5. The maximum absolute atomic E-state index is 9.30. The number of rotatable bonds is 5. The van der Waals surface area contributed by atoms with Gasteiger partial charge in [0, 0.05) is 33.1 Å². The van der Waals surface area contributed by atoms with Crippen LogP contribution in [0.25, 0.3) is 22.3 Å². The second-order valence-electron chi connectivity index (χ2n) is 15.8. The minimum absolute atomic E-state index is 0.227. The number of nitrogens with one attached hydrogen (secondary N) is 1. The predicted octanol–water partition coefficient (Wildman–Crippen LogP) is 11.8. The number of nitrogens with zero attached hydrogens (tertiary/aromatic N) is 3. The Morgan fingerprint density at radius 2 is 1.38 bits per heavy atom. The Kier molecular flexibility index (Phi) is 8.49. The van der Waals surface area contributed by atoms with E-state index < -0.39 is 0 Å². The molecule has 4 nitrogen and oxygen atoms in total. The molecule has 0 fully saturated rings. The van der Waals surface area contributed by atoms with E-state index in [1.165, 1.54) is 38.3 Å². The molecule has 2 aliphatic heterocycles. The molecule has 1 spiro atoms. The first-order valence-corrected chi connectivity index (χ1v) is 21.2. The Bertz CT molecular complexity index is 2770. The quantitative estimate of drug-likeness (QED) is 0.194. The minimum atomic E-state index is -0.370. The summed E-state index contributed by atoms with van der Waals surface area (Å²) >= 11 is 2.01. The molecule has 0 amide bonds. The minimum Gasteiger partial charge on any atom is -0.324 e. The lowest BCUT2D eigenvalue weighted by molar-refractivity contribution is 0.428. The van der Waals surface area contributed by atoms with Gasteiger partial charge in [-0.05, 0) is 99.7 Å². The van der Waals surface area contributed by atoms with E-state index >= 15 is 0 Å². The Labute approximate surface area is 344 Å². The van der Waals surface area contributed by atoms with Crippen molar-refractivity contribution < 1.29 is 0 Å². The predicted molar refractivity (Wildman–Crippen MR) is 238 cm³/mol. The van der Waals surface area contributed by atoms with Crippen molar-refractivity contribution in [3.8, 4) is 28.3 Å². The number of thioether (sulfide) groups is 1. The van der Waals surface area contributed by atoms with Gasteiger partial charge in [-0.15, -0.1) is 11.8 Å². The van der Waals surface area contributed by atoms with Crippen LogP contribution in [0, 0.1) is 17.2 Å². The maximum Gasteiger partial charge on any atom is 0.169 e. The number of nitriles is 1. The van der Waals surface area contributed by atoms with Crippen molar-refractivity contribution in [1.82, 2.24) is 5.32 Å². The number of amidine groups is 2. The molecule has 0 saturated carbocycles. The van der Waals surface area contributed by atoms with Crippen molar-refractivity contribution >= 4 is 23.4 Å². The van der Waals surface area contributed by atoms with Crippen LogP contribution in [0.4, 0.5) is 0 Å². The van der Waals surface area contributed by atoms with Crippen molar-refractivity contribution in [3.63, 3.8) is 0 Å². The summed E-state index contributed by atoms with van der Waals surface area (Å²) < 4.78 is 0. The van der Waals surface area contributed by atoms with Crippen LogP contribution in [0.3, 0.4) is 0 Å². The molecule has 4 aliphatic carbocycles. The monoisotopic (exact) mass is 764 g/mol. The van der Waals surface area contributed by atoms with Crippen LogP contribution in [0.1, 0.15) is 58.6 Å². The first kappa shape index (κ1) is 34.7. The standard InChI is InChI=1S/C53H40N4S/c54-33-34-19-21-35(22-20-34)36-23-25-37(26-24-36)40-27-29-43-42-15-7-8-16-44(42)53(46(43)31-40)45-17-9-10-18-48(45)58-49-30-28-41(32-47(49)53)52-56-50(38-11-3-1-4-12-38)55-51(57-52)39-13-5-2-6-14-39/h1,3-5,7-17,19-32,42,44,48,51H,2,6,18H2,(H,55,56,57). The molecule has 5 aromatic carbocycles. The molecule has 11 rings (SSSR count). The van der Waals surface area contributed by atoms with Crippen LogP contribution in [0.15, 0.2) is 202 Å². The normalized spacial score (nSPS) is 24.6. The largest absolute Gasteiger partial charge is 0.324 e. The molecule has 5 atom stereocenters. The summed E-state index contributed by atoms with van der Waals surface area (Å²) in [5.41, 5.74) is 13.9. The highest BCUT2D eigenvalue weighted by Crippen LogP contribution is 2.66. The number of fused-ring (bicyclic) bond motifs is 9. The third kappa shape index (κ3) is 5.66. The van der Waals surface area contributed by atoms with Gasteiger partial charge in [0.2, 0.25) is 0 Å². The molecule has 58 heavy (non-hydrogen) atoms. The van der Waals surface area contributed by atoms with E-state index in [0.29, 0.717) is 10.8 Å². The van der Waals surface area contributed by atoms with Gasteiger partial charge in [0.25, 0.3) is 0 Å². The molecule has 0 radical (unpaired) electrons. The fourth-order valence-corrected chi connectivity index (χ4v) is 11.3. The van der Waals surface area contributed by atoms with Crippen LogP contribution in [-0.2, 0) is 5.41 Å². The number of allylic oxidation sites excluding steroid dienone is 9. The zero-order chi connectivity index (χ0) is 38.6. The third-order valence-electron chi connectivity index (χ3n) is 12.7. The Balaban J connectivity index is 1.07. The summed E-state index contributed by atoms with van der Waals surface area (Å²) in [4.78, 5) is 11.8. The highest BCUT2D eigenvalue weighted by Gasteiger charge is 2.58. The van der Waals surface area contributed by atoms with E-state index in [9.17, 15) is 5.26 Å². The van der Waals surface area contributed by atoms with Gasteiger partial charge in [-0.1, -0.05) is 146 Å². The molecule has 5 unspecified atom stereocenters. The summed E-state index contributed by atoms with van der Waals surface area (Å²) in [6, 6.07) is 43.7. The summed E-state index contributed by atoms with van der Waals surface area (Å²) in [6.45, 7) is 0. The van der Waals surface area contributed by atoms with Gasteiger partial charge < -0.3 is 5.32 Å². The SMILES string of the molecule is N#Cc1ccc(-c2ccc(-c3ccc4c(c3)C3(C5=CC=CCC5Sc5ccc(C6=NC(C7=CCCC=C7)N=C(c7ccccc7)N6)cc53)C3C=CC=CC43)cc2)cc1. The molecule has 0 aromatic heterocycles. The zero-order valence-electron chi connectivity index (χ0n) is 31.9. The van der Waals surface area contributed by atoms with Crippen molar-refractivity contribution in [3.05, 3.63) is 221 Å². The maximum atomic E-state index is 9.30. The molecule has 0 saturated heterocycles. The second kappa shape index (κ2) is 14.2.